The maximum absolute atomic E-state index is 12.5. The number of pyridine rings is 2. The molecule has 210 valence electrons. The Morgan fingerprint density at radius 3 is 1.82 bits per heavy atom. The van der Waals surface area contributed by atoms with Crippen LogP contribution in [0.5, 0.6) is 11.5 Å². The van der Waals surface area contributed by atoms with Crippen molar-refractivity contribution in [3.8, 4) is 11.5 Å². The summed E-state index contributed by atoms with van der Waals surface area (Å²) in [5, 5.41) is 12.2. The fourth-order valence-corrected chi connectivity index (χ4v) is 4.91. The summed E-state index contributed by atoms with van der Waals surface area (Å²) in [5.41, 5.74) is 2.77. The molecule has 0 saturated heterocycles. The van der Waals surface area contributed by atoms with Gasteiger partial charge in [-0.15, -0.1) is 0 Å². The first-order chi connectivity index (χ1) is 19.0. The first-order valence-corrected chi connectivity index (χ1v) is 13.7. The molecule has 0 fully saturated rings. The molecule has 2 aromatic carbocycles. The fraction of sp³-hybridized carbons (Fsp3) is 0.233. The number of aliphatic hydroxyl groups excluding tert-OH is 1. The number of ether oxygens (including phenoxy) is 2. The van der Waals surface area contributed by atoms with Gasteiger partial charge in [0.1, 0.15) is 21.8 Å². The lowest BCUT2D eigenvalue weighted by Crippen LogP contribution is -2.10. The van der Waals surface area contributed by atoms with Crippen LogP contribution in [0.3, 0.4) is 0 Å². The number of methoxy groups -OCH3 is 2. The first kappa shape index (κ1) is 31.7. The molecule has 4 aromatic rings. The predicted molar refractivity (Wildman–Crippen MR) is 161 cm³/mol. The van der Waals surface area contributed by atoms with E-state index in [1.54, 1.807) is 81.9 Å². The van der Waals surface area contributed by atoms with Crippen LogP contribution in [0.15, 0.2) is 73.1 Å². The van der Waals surface area contributed by atoms with Crippen LogP contribution in [-0.2, 0) is 0 Å². The average Bonchev–Trinajstić information content (AvgIpc) is 2.96. The van der Waals surface area contributed by atoms with Gasteiger partial charge in [-0.25, -0.2) is 9.97 Å². The number of aromatic nitrogens is 2. The van der Waals surface area contributed by atoms with E-state index >= 15 is 0 Å². The van der Waals surface area contributed by atoms with Crippen LogP contribution in [0.1, 0.15) is 58.8 Å². The largest absolute Gasteiger partial charge is 0.497 e. The zero-order valence-corrected chi connectivity index (χ0v) is 25.3. The van der Waals surface area contributed by atoms with E-state index in [0.29, 0.717) is 43.0 Å². The summed E-state index contributed by atoms with van der Waals surface area (Å²) in [6.07, 6.45) is 2.36. The molecule has 0 spiro atoms. The van der Waals surface area contributed by atoms with Crippen LogP contribution in [0, 0.1) is 0 Å². The zero-order valence-electron chi connectivity index (χ0n) is 22.2. The molecule has 0 aliphatic carbocycles. The number of hydrogen-bond donors (Lipinski definition) is 1. The van der Waals surface area contributed by atoms with Gasteiger partial charge in [-0.05, 0) is 77.4 Å². The van der Waals surface area contributed by atoms with Crippen molar-refractivity contribution in [1.82, 2.24) is 9.97 Å². The Labute approximate surface area is 253 Å². The van der Waals surface area contributed by atoms with E-state index < -0.39 is 12.0 Å². The summed E-state index contributed by atoms with van der Waals surface area (Å²) >= 11 is 24.0. The van der Waals surface area contributed by atoms with Gasteiger partial charge in [-0.1, -0.05) is 60.3 Å². The Kier molecular flexibility index (Phi) is 11.6. The molecule has 0 aliphatic heterocycles. The highest BCUT2D eigenvalue weighted by atomic mass is 35.5. The Hall–Kier alpha value is -2.87. The van der Waals surface area contributed by atoms with Crippen molar-refractivity contribution in [2.75, 3.05) is 14.2 Å². The van der Waals surface area contributed by atoms with Crippen LogP contribution in [-0.4, -0.2) is 35.1 Å². The summed E-state index contributed by atoms with van der Waals surface area (Å²) in [4.78, 5) is 20.2. The molecule has 0 amide bonds. The molecular formula is C30H28Cl4N2O4. The van der Waals surface area contributed by atoms with Gasteiger partial charge in [-0.2, -0.15) is 0 Å². The SMILES string of the molecule is COc1ccc(Cl)c(C(C)C(=O)c2ccnc(Cl)c2)c1.COc1ccc(Cl)c(C(C)C(O)c2ccnc(Cl)c2)c1. The van der Waals surface area contributed by atoms with E-state index in [2.05, 4.69) is 9.97 Å². The van der Waals surface area contributed by atoms with Gasteiger partial charge >= 0.3 is 0 Å². The maximum atomic E-state index is 12.5. The van der Waals surface area contributed by atoms with E-state index in [1.807, 2.05) is 13.0 Å². The lowest BCUT2D eigenvalue weighted by molar-refractivity contribution is 0.0966. The van der Waals surface area contributed by atoms with Gasteiger partial charge in [-0.3, -0.25) is 4.79 Å². The lowest BCUT2D eigenvalue weighted by Gasteiger charge is -2.21. The highest BCUT2D eigenvalue weighted by molar-refractivity contribution is 6.32. The van der Waals surface area contributed by atoms with Gasteiger partial charge in [0.05, 0.1) is 20.3 Å². The second-order valence-electron chi connectivity index (χ2n) is 8.87. The second-order valence-corrected chi connectivity index (χ2v) is 10.5. The fourth-order valence-electron chi connectivity index (χ4n) is 3.99. The van der Waals surface area contributed by atoms with Crippen molar-refractivity contribution >= 4 is 52.2 Å². The normalized spacial score (nSPS) is 12.9. The molecule has 6 nitrogen and oxygen atoms in total. The van der Waals surface area contributed by atoms with Crippen molar-refractivity contribution in [2.45, 2.75) is 31.8 Å². The molecule has 0 saturated carbocycles. The van der Waals surface area contributed by atoms with Gasteiger partial charge in [0.2, 0.25) is 0 Å². The lowest BCUT2D eigenvalue weighted by atomic mass is 9.91. The Morgan fingerprint density at radius 1 is 0.750 bits per heavy atom. The van der Waals surface area contributed by atoms with Crippen LogP contribution >= 0.6 is 46.4 Å². The van der Waals surface area contributed by atoms with Crippen molar-refractivity contribution < 1.29 is 19.4 Å². The van der Waals surface area contributed by atoms with E-state index in [0.717, 1.165) is 11.1 Å². The molecule has 10 heteroatoms. The number of Topliss-reactive ketones (excluding diaryl/α,β-unsaturated/α-hetero) is 1. The number of ketones is 1. The average molecular weight is 622 g/mol. The summed E-state index contributed by atoms with van der Waals surface area (Å²) in [5.74, 6) is 0.713. The third-order valence-electron chi connectivity index (χ3n) is 6.33. The first-order valence-electron chi connectivity index (χ1n) is 12.2. The number of carbonyl (C=O) groups is 1. The molecule has 4 rings (SSSR count). The van der Waals surface area contributed by atoms with Crippen LogP contribution in [0.25, 0.3) is 0 Å². The Morgan fingerprint density at radius 2 is 1.27 bits per heavy atom. The highest BCUT2D eigenvalue weighted by Crippen LogP contribution is 2.36. The topological polar surface area (TPSA) is 81.5 Å². The van der Waals surface area contributed by atoms with Crippen molar-refractivity contribution in [3.63, 3.8) is 0 Å². The van der Waals surface area contributed by atoms with Gasteiger partial charge in [0.15, 0.2) is 5.78 Å². The molecule has 40 heavy (non-hydrogen) atoms. The molecule has 3 atom stereocenters. The molecule has 3 unspecified atom stereocenters. The maximum Gasteiger partial charge on any atom is 0.170 e. The van der Waals surface area contributed by atoms with Gasteiger partial charge in [0, 0.05) is 39.8 Å². The number of halogens is 4. The van der Waals surface area contributed by atoms with Crippen LogP contribution in [0.4, 0.5) is 0 Å². The summed E-state index contributed by atoms with van der Waals surface area (Å²) in [7, 11) is 3.17. The number of nitrogens with zero attached hydrogens (tertiary/aromatic N) is 2. The molecule has 1 N–H and O–H groups in total. The van der Waals surface area contributed by atoms with Crippen LogP contribution < -0.4 is 9.47 Å². The molecule has 2 heterocycles. The Balaban J connectivity index is 0.000000220. The number of hydrogen-bond acceptors (Lipinski definition) is 6. The zero-order chi connectivity index (χ0) is 29.4. The van der Waals surface area contributed by atoms with Gasteiger partial charge < -0.3 is 14.6 Å². The summed E-state index contributed by atoms with van der Waals surface area (Å²) in [6, 6.07) is 17.2. The van der Waals surface area contributed by atoms with Crippen molar-refractivity contribution in [2.24, 2.45) is 0 Å². The van der Waals surface area contributed by atoms with E-state index in [9.17, 15) is 9.90 Å². The van der Waals surface area contributed by atoms with Crippen molar-refractivity contribution in [1.29, 1.82) is 0 Å². The predicted octanol–water partition coefficient (Wildman–Crippen LogP) is 8.62. The standard InChI is InChI=1S/C15H15Cl2NO2.C15H13Cl2NO2/c2*1-9(12-8-11(20-2)3-4-13(12)16)15(19)10-5-6-18-14(17)7-10/h3-9,15,19H,1-2H3;3-9H,1-2H3. The minimum Gasteiger partial charge on any atom is -0.497 e. The van der Waals surface area contributed by atoms with E-state index in [4.69, 9.17) is 55.9 Å². The Bertz CT molecular complexity index is 1470. The van der Waals surface area contributed by atoms with Crippen LogP contribution in [0.2, 0.25) is 20.4 Å². The second kappa shape index (κ2) is 14.7. The minimum absolute atomic E-state index is 0.0653. The monoisotopic (exact) mass is 620 g/mol. The summed E-state index contributed by atoms with van der Waals surface area (Å²) < 4.78 is 10.4. The molecule has 0 radical (unpaired) electrons. The smallest absolute Gasteiger partial charge is 0.170 e. The van der Waals surface area contributed by atoms with Gasteiger partial charge in [0.25, 0.3) is 0 Å². The number of rotatable bonds is 8. The van der Waals surface area contributed by atoms with E-state index in [1.165, 1.54) is 6.20 Å². The third-order valence-corrected chi connectivity index (χ3v) is 7.44. The number of aliphatic hydroxyl groups is 1. The molecule has 0 aliphatic rings. The molecule has 0 bridgehead atoms. The third kappa shape index (κ3) is 8.09. The number of benzene rings is 2. The van der Waals surface area contributed by atoms with E-state index in [-0.39, 0.29) is 11.7 Å². The quantitative estimate of drug-likeness (QED) is 0.157. The minimum atomic E-state index is -0.722. The van der Waals surface area contributed by atoms with Crippen molar-refractivity contribution in [3.05, 3.63) is 116 Å². The number of carbonyl (C=O) groups excluding carboxylic acids is 1. The molecular weight excluding hydrogens is 594 g/mol. The molecule has 2 aromatic heterocycles. The summed E-state index contributed by atoms with van der Waals surface area (Å²) in [6.45, 7) is 3.71. The highest BCUT2D eigenvalue weighted by Gasteiger charge is 2.22.